The maximum atomic E-state index is 11.7. The molecule has 1 heteroatoms. The molecule has 0 saturated heterocycles. The van der Waals surface area contributed by atoms with E-state index in [9.17, 15) is 4.79 Å². The number of rotatable bonds is 1. The molecular formula is C14H16O. The molecule has 1 aromatic rings. The van der Waals surface area contributed by atoms with E-state index in [0.717, 1.165) is 12.0 Å². The monoisotopic (exact) mass is 200 g/mol. The molecule has 0 aromatic heterocycles. The Bertz CT molecular complexity index is 439. The van der Waals surface area contributed by atoms with E-state index in [1.165, 1.54) is 11.1 Å². The van der Waals surface area contributed by atoms with E-state index in [2.05, 4.69) is 25.1 Å². The van der Waals surface area contributed by atoms with Gasteiger partial charge in [-0.25, -0.2) is 0 Å². The molecule has 0 heterocycles. The zero-order valence-electron chi connectivity index (χ0n) is 9.50. The van der Waals surface area contributed by atoms with Crippen molar-refractivity contribution in [2.45, 2.75) is 32.6 Å². The zero-order valence-corrected chi connectivity index (χ0v) is 9.50. The van der Waals surface area contributed by atoms with E-state index >= 15 is 0 Å². The third kappa shape index (κ3) is 1.52. The molecule has 0 saturated carbocycles. The number of hydrogen-bond donors (Lipinski definition) is 0. The molecule has 1 aliphatic carbocycles. The Labute approximate surface area is 90.8 Å². The van der Waals surface area contributed by atoms with E-state index in [0.29, 0.717) is 0 Å². The molecule has 0 fully saturated rings. The Kier molecular flexibility index (Phi) is 2.26. The highest BCUT2D eigenvalue weighted by Gasteiger charge is 2.32. The molecule has 0 spiro atoms. The third-order valence-corrected chi connectivity index (χ3v) is 3.23. The van der Waals surface area contributed by atoms with Gasteiger partial charge in [-0.2, -0.15) is 0 Å². The SMILES string of the molecule is CCc1ccc2c(c1)C=CC(=O)C2(C)C. The average molecular weight is 200 g/mol. The van der Waals surface area contributed by atoms with Crippen molar-refractivity contribution in [2.24, 2.45) is 0 Å². The van der Waals surface area contributed by atoms with Gasteiger partial charge >= 0.3 is 0 Å². The smallest absolute Gasteiger partial charge is 0.165 e. The van der Waals surface area contributed by atoms with E-state index in [-0.39, 0.29) is 11.2 Å². The summed E-state index contributed by atoms with van der Waals surface area (Å²) in [5, 5.41) is 0. The second-order valence-corrected chi connectivity index (χ2v) is 4.60. The Morgan fingerprint density at radius 3 is 2.60 bits per heavy atom. The molecule has 1 aliphatic rings. The first-order chi connectivity index (χ1) is 7.05. The van der Waals surface area contributed by atoms with Crippen molar-refractivity contribution in [3.8, 4) is 0 Å². The number of ketones is 1. The van der Waals surface area contributed by atoms with Gasteiger partial charge in [-0.05, 0) is 43.0 Å². The van der Waals surface area contributed by atoms with Crippen LogP contribution in [0.15, 0.2) is 24.3 Å². The minimum absolute atomic E-state index is 0.194. The van der Waals surface area contributed by atoms with Crippen LogP contribution in [-0.2, 0) is 16.6 Å². The van der Waals surface area contributed by atoms with E-state index in [4.69, 9.17) is 0 Å². The predicted octanol–water partition coefficient (Wildman–Crippen LogP) is 3.12. The first kappa shape index (κ1) is 10.2. The van der Waals surface area contributed by atoms with Gasteiger partial charge in [0.2, 0.25) is 0 Å². The molecule has 78 valence electrons. The fourth-order valence-electron chi connectivity index (χ4n) is 2.05. The van der Waals surface area contributed by atoms with Gasteiger partial charge in [0.25, 0.3) is 0 Å². The van der Waals surface area contributed by atoms with Crippen molar-refractivity contribution in [2.75, 3.05) is 0 Å². The predicted molar refractivity (Wildman–Crippen MR) is 62.9 cm³/mol. The lowest BCUT2D eigenvalue weighted by Gasteiger charge is -2.27. The second kappa shape index (κ2) is 3.34. The number of carbonyl (C=O) groups excluding carboxylic acids is 1. The highest BCUT2D eigenvalue weighted by atomic mass is 16.1. The molecule has 1 nitrogen and oxygen atoms in total. The third-order valence-electron chi connectivity index (χ3n) is 3.23. The summed E-state index contributed by atoms with van der Waals surface area (Å²) in [6, 6.07) is 6.39. The molecule has 0 amide bonds. The molecule has 1 aromatic carbocycles. The lowest BCUT2D eigenvalue weighted by atomic mass is 9.74. The topological polar surface area (TPSA) is 17.1 Å². The molecule has 0 radical (unpaired) electrons. The van der Waals surface area contributed by atoms with Crippen molar-refractivity contribution in [1.82, 2.24) is 0 Å². The van der Waals surface area contributed by atoms with Gasteiger partial charge in [0, 0.05) is 0 Å². The molecule has 2 rings (SSSR count). The summed E-state index contributed by atoms with van der Waals surface area (Å²) in [5.74, 6) is 0.194. The van der Waals surface area contributed by atoms with Crippen LogP contribution in [0.5, 0.6) is 0 Å². The summed E-state index contributed by atoms with van der Waals surface area (Å²) in [6.45, 7) is 6.12. The van der Waals surface area contributed by atoms with Gasteiger partial charge in [0.1, 0.15) is 0 Å². The van der Waals surface area contributed by atoms with Gasteiger partial charge in [-0.15, -0.1) is 0 Å². The number of benzene rings is 1. The van der Waals surface area contributed by atoms with Crippen LogP contribution in [0.4, 0.5) is 0 Å². The quantitative estimate of drug-likeness (QED) is 0.680. The highest BCUT2D eigenvalue weighted by Crippen LogP contribution is 2.33. The van der Waals surface area contributed by atoms with Crippen LogP contribution in [0.3, 0.4) is 0 Å². The Morgan fingerprint density at radius 1 is 1.20 bits per heavy atom. The van der Waals surface area contributed by atoms with Gasteiger partial charge in [0.15, 0.2) is 5.78 Å². The fourth-order valence-corrected chi connectivity index (χ4v) is 2.05. The highest BCUT2D eigenvalue weighted by molar-refractivity contribution is 6.04. The lowest BCUT2D eigenvalue weighted by Crippen LogP contribution is -2.30. The van der Waals surface area contributed by atoms with Gasteiger partial charge in [-0.3, -0.25) is 4.79 Å². The number of hydrogen-bond acceptors (Lipinski definition) is 1. The summed E-state index contributed by atoms with van der Waals surface area (Å²) in [7, 11) is 0. The van der Waals surface area contributed by atoms with Gasteiger partial charge < -0.3 is 0 Å². The van der Waals surface area contributed by atoms with Crippen LogP contribution in [-0.4, -0.2) is 5.78 Å². The van der Waals surface area contributed by atoms with Gasteiger partial charge in [0.05, 0.1) is 5.41 Å². The molecule has 0 bridgehead atoms. The van der Waals surface area contributed by atoms with Crippen LogP contribution in [0, 0.1) is 0 Å². The van der Waals surface area contributed by atoms with E-state index in [1.807, 2.05) is 19.9 Å². The van der Waals surface area contributed by atoms with Crippen molar-refractivity contribution in [3.05, 3.63) is 41.0 Å². The maximum absolute atomic E-state index is 11.7. The zero-order chi connectivity index (χ0) is 11.1. The fraction of sp³-hybridized carbons (Fsp3) is 0.357. The molecular weight excluding hydrogens is 184 g/mol. The number of allylic oxidation sites excluding steroid dienone is 1. The summed E-state index contributed by atoms with van der Waals surface area (Å²) < 4.78 is 0. The van der Waals surface area contributed by atoms with Crippen LogP contribution in [0.2, 0.25) is 0 Å². The molecule has 0 aliphatic heterocycles. The average Bonchev–Trinajstić information content (AvgIpc) is 2.23. The van der Waals surface area contributed by atoms with E-state index < -0.39 is 0 Å². The second-order valence-electron chi connectivity index (χ2n) is 4.60. The summed E-state index contributed by atoms with van der Waals surface area (Å²) in [5.41, 5.74) is 3.30. The molecule has 0 unspecified atom stereocenters. The van der Waals surface area contributed by atoms with Crippen LogP contribution < -0.4 is 0 Å². The van der Waals surface area contributed by atoms with Crippen molar-refractivity contribution in [3.63, 3.8) is 0 Å². The first-order valence-electron chi connectivity index (χ1n) is 5.41. The molecule has 0 atom stereocenters. The van der Waals surface area contributed by atoms with Crippen molar-refractivity contribution in [1.29, 1.82) is 0 Å². The summed E-state index contributed by atoms with van der Waals surface area (Å²) >= 11 is 0. The Morgan fingerprint density at radius 2 is 1.93 bits per heavy atom. The minimum atomic E-state index is -0.365. The number of aryl methyl sites for hydroxylation is 1. The largest absolute Gasteiger partial charge is 0.294 e. The standard InChI is InChI=1S/C14H16O/c1-4-10-5-7-12-11(9-10)6-8-13(15)14(12,2)3/h5-9H,4H2,1-3H3. The number of fused-ring (bicyclic) bond motifs is 1. The van der Waals surface area contributed by atoms with E-state index in [1.54, 1.807) is 6.08 Å². The van der Waals surface area contributed by atoms with Crippen LogP contribution in [0.25, 0.3) is 6.08 Å². The molecule has 0 N–H and O–H groups in total. The number of carbonyl (C=O) groups is 1. The lowest BCUT2D eigenvalue weighted by molar-refractivity contribution is -0.118. The normalized spacial score (nSPS) is 17.7. The van der Waals surface area contributed by atoms with Crippen molar-refractivity contribution < 1.29 is 4.79 Å². The molecule has 15 heavy (non-hydrogen) atoms. The minimum Gasteiger partial charge on any atom is -0.294 e. The summed E-state index contributed by atoms with van der Waals surface area (Å²) in [4.78, 5) is 11.7. The van der Waals surface area contributed by atoms with Crippen molar-refractivity contribution >= 4 is 11.9 Å². The Balaban J connectivity index is 2.60. The van der Waals surface area contributed by atoms with Crippen LogP contribution in [0.1, 0.15) is 37.5 Å². The van der Waals surface area contributed by atoms with Crippen LogP contribution >= 0.6 is 0 Å². The summed E-state index contributed by atoms with van der Waals surface area (Å²) in [6.07, 6.45) is 4.67. The maximum Gasteiger partial charge on any atom is 0.165 e. The first-order valence-corrected chi connectivity index (χ1v) is 5.41. The van der Waals surface area contributed by atoms with Gasteiger partial charge in [-0.1, -0.05) is 31.2 Å². The Hall–Kier alpha value is -1.37.